The summed E-state index contributed by atoms with van der Waals surface area (Å²) in [6.07, 6.45) is 2.63. The topological polar surface area (TPSA) is 38.8 Å². The lowest BCUT2D eigenvalue weighted by Gasteiger charge is -2.10. The molecule has 1 fully saturated rings. The highest BCUT2D eigenvalue weighted by molar-refractivity contribution is 8.26. The van der Waals surface area contributed by atoms with Gasteiger partial charge < -0.3 is 9.47 Å². The molecule has 6 heteroatoms. The predicted molar refractivity (Wildman–Crippen MR) is 119 cm³/mol. The Bertz CT molecular complexity index is 924. The SMILES string of the molecule is Cc1ccc(OCCCOc2cccc(/C=C3\SC(=S)N(C)C3=O)c2)cc1C. The molecule has 3 rings (SSSR count). The monoisotopic (exact) mass is 413 g/mol. The van der Waals surface area contributed by atoms with Crippen LogP contribution < -0.4 is 9.47 Å². The van der Waals surface area contributed by atoms with Gasteiger partial charge in [0.1, 0.15) is 15.8 Å². The Morgan fingerprint density at radius 3 is 2.39 bits per heavy atom. The summed E-state index contributed by atoms with van der Waals surface area (Å²) in [5, 5.41) is 0. The first kappa shape index (κ1) is 20.4. The molecule has 0 spiro atoms. The lowest BCUT2D eigenvalue weighted by atomic mass is 10.1. The Morgan fingerprint density at radius 2 is 1.75 bits per heavy atom. The summed E-state index contributed by atoms with van der Waals surface area (Å²) in [5.41, 5.74) is 3.40. The maximum Gasteiger partial charge on any atom is 0.265 e. The number of rotatable bonds is 7. The highest BCUT2D eigenvalue weighted by atomic mass is 32.2. The van der Waals surface area contributed by atoms with Crippen molar-refractivity contribution < 1.29 is 14.3 Å². The van der Waals surface area contributed by atoms with E-state index in [4.69, 9.17) is 21.7 Å². The van der Waals surface area contributed by atoms with E-state index in [9.17, 15) is 4.79 Å². The Morgan fingerprint density at radius 1 is 1.04 bits per heavy atom. The molecule has 0 N–H and O–H groups in total. The van der Waals surface area contributed by atoms with Crippen molar-refractivity contribution in [2.24, 2.45) is 0 Å². The number of ether oxygens (including phenoxy) is 2. The van der Waals surface area contributed by atoms with Crippen LogP contribution in [0.25, 0.3) is 6.08 Å². The maximum absolute atomic E-state index is 12.1. The minimum atomic E-state index is -0.0650. The van der Waals surface area contributed by atoms with Gasteiger partial charge in [0.25, 0.3) is 5.91 Å². The molecule has 0 saturated carbocycles. The summed E-state index contributed by atoms with van der Waals surface area (Å²) in [5.74, 6) is 1.59. The van der Waals surface area contributed by atoms with Gasteiger partial charge in [-0.1, -0.05) is 42.2 Å². The van der Waals surface area contributed by atoms with Gasteiger partial charge in [-0.3, -0.25) is 9.69 Å². The van der Waals surface area contributed by atoms with Gasteiger partial charge in [0.2, 0.25) is 0 Å². The van der Waals surface area contributed by atoms with Gasteiger partial charge in [-0.25, -0.2) is 0 Å². The molecule has 4 nitrogen and oxygen atoms in total. The molecule has 146 valence electrons. The lowest BCUT2D eigenvalue weighted by molar-refractivity contribution is -0.121. The zero-order chi connectivity index (χ0) is 20.1. The Hall–Kier alpha value is -2.31. The van der Waals surface area contributed by atoms with Crippen LogP contribution in [0.1, 0.15) is 23.1 Å². The van der Waals surface area contributed by atoms with E-state index in [2.05, 4.69) is 26.0 Å². The second-order valence-corrected chi connectivity index (χ2v) is 8.29. The first-order valence-corrected chi connectivity index (χ1v) is 10.3. The Kier molecular flexibility index (Phi) is 6.75. The molecule has 0 aliphatic carbocycles. The molecule has 2 aromatic rings. The summed E-state index contributed by atoms with van der Waals surface area (Å²) in [6, 6.07) is 13.8. The fourth-order valence-corrected chi connectivity index (χ4v) is 3.81. The number of hydrogen-bond acceptors (Lipinski definition) is 5. The predicted octanol–water partition coefficient (Wildman–Crippen LogP) is 4.98. The Labute approximate surface area is 175 Å². The van der Waals surface area contributed by atoms with Gasteiger partial charge in [-0.2, -0.15) is 0 Å². The minimum Gasteiger partial charge on any atom is -0.493 e. The fourth-order valence-electron chi connectivity index (χ4n) is 2.63. The van der Waals surface area contributed by atoms with Gasteiger partial charge in [0.15, 0.2) is 0 Å². The number of thiocarbonyl (C=S) groups is 1. The molecule has 0 radical (unpaired) electrons. The summed E-state index contributed by atoms with van der Waals surface area (Å²) < 4.78 is 12.2. The van der Waals surface area contributed by atoms with Crippen LogP contribution in [0.5, 0.6) is 11.5 Å². The summed E-state index contributed by atoms with van der Waals surface area (Å²) in [6.45, 7) is 5.33. The second-order valence-electron chi connectivity index (χ2n) is 6.61. The number of nitrogens with zero attached hydrogens (tertiary/aromatic N) is 1. The number of carbonyl (C=O) groups is 1. The molecule has 1 heterocycles. The van der Waals surface area contributed by atoms with Crippen LogP contribution in [-0.4, -0.2) is 35.4 Å². The van der Waals surface area contributed by atoms with Crippen molar-refractivity contribution in [3.8, 4) is 11.5 Å². The normalized spacial score (nSPS) is 15.4. The smallest absolute Gasteiger partial charge is 0.265 e. The van der Waals surface area contributed by atoms with E-state index in [-0.39, 0.29) is 5.91 Å². The molecule has 1 aliphatic heterocycles. The van der Waals surface area contributed by atoms with Crippen LogP contribution in [-0.2, 0) is 4.79 Å². The number of likely N-dealkylation sites (N-methyl/N-ethyl adjacent to an activating group) is 1. The first-order chi connectivity index (χ1) is 13.4. The van der Waals surface area contributed by atoms with E-state index in [1.165, 1.54) is 27.8 Å². The number of thioether (sulfide) groups is 1. The van der Waals surface area contributed by atoms with E-state index in [0.29, 0.717) is 22.4 Å². The zero-order valence-electron chi connectivity index (χ0n) is 16.2. The van der Waals surface area contributed by atoms with Crippen molar-refractivity contribution >= 4 is 40.3 Å². The van der Waals surface area contributed by atoms with Gasteiger partial charge in [0, 0.05) is 13.5 Å². The van der Waals surface area contributed by atoms with Crippen LogP contribution in [0, 0.1) is 13.8 Å². The largest absolute Gasteiger partial charge is 0.493 e. The molecular formula is C22H23NO3S2. The zero-order valence-corrected chi connectivity index (χ0v) is 17.9. The van der Waals surface area contributed by atoms with Crippen molar-refractivity contribution in [3.63, 3.8) is 0 Å². The number of hydrogen-bond donors (Lipinski definition) is 0. The first-order valence-electron chi connectivity index (χ1n) is 9.08. The van der Waals surface area contributed by atoms with Crippen LogP contribution in [0.15, 0.2) is 47.4 Å². The van der Waals surface area contributed by atoms with E-state index in [1.807, 2.05) is 36.4 Å². The average Bonchev–Trinajstić information content (AvgIpc) is 2.91. The molecule has 1 saturated heterocycles. The number of aryl methyl sites for hydroxylation is 2. The van der Waals surface area contributed by atoms with Crippen LogP contribution in [0.4, 0.5) is 0 Å². The van der Waals surface area contributed by atoms with Gasteiger partial charge in [-0.15, -0.1) is 0 Å². The van der Waals surface area contributed by atoms with E-state index in [1.54, 1.807) is 7.05 Å². The molecule has 28 heavy (non-hydrogen) atoms. The molecule has 0 bridgehead atoms. The quantitative estimate of drug-likeness (QED) is 0.364. The number of carbonyl (C=O) groups excluding carboxylic acids is 1. The third kappa shape index (κ3) is 5.14. The molecule has 0 unspecified atom stereocenters. The fraction of sp³-hybridized carbons (Fsp3) is 0.273. The number of amides is 1. The lowest BCUT2D eigenvalue weighted by Crippen LogP contribution is -2.22. The van der Waals surface area contributed by atoms with E-state index in [0.717, 1.165) is 23.5 Å². The highest BCUT2D eigenvalue weighted by Gasteiger charge is 2.28. The number of benzene rings is 2. The van der Waals surface area contributed by atoms with E-state index >= 15 is 0 Å². The average molecular weight is 414 g/mol. The summed E-state index contributed by atoms with van der Waals surface area (Å²) in [7, 11) is 1.69. The van der Waals surface area contributed by atoms with Gasteiger partial charge in [0.05, 0.1) is 18.1 Å². The van der Waals surface area contributed by atoms with Crippen molar-refractivity contribution in [1.82, 2.24) is 4.90 Å². The third-order valence-electron chi connectivity index (χ3n) is 4.45. The minimum absolute atomic E-state index is 0.0650. The molecule has 0 aromatic heterocycles. The maximum atomic E-state index is 12.1. The third-order valence-corrected chi connectivity index (χ3v) is 5.93. The second kappa shape index (κ2) is 9.26. The molecule has 2 aromatic carbocycles. The van der Waals surface area contributed by atoms with Gasteiger partial charge >= 0.3 is 0 Å². The van der Waals surface area contributed by atoms with Crippen molar-refractivity contribution in [1.29, 1.82) is 0 Å². The van der Waals surface area contributed by atoms with Crippen LogP contribution >= 0.6 is 24.0 Å². The summed E-state index contributed by atoms with van der Waals surface area (Å²) >= 11 is 6.48. The molecule has 1 aliphatic rings. The van der Waals surface area contributed by atoms with E-state index < -0.39 is 0 Å². The van der Waals surface area contributed by atoms with Crippen molar-refractivity contribution in [2.75, 3.05) is 20.3 Å². The molecule has 0 atom stereocenters. The van der Waals surface area contributed by atoms with Gasteiger partial charge in [-0.05, 0) is 60.9 Å². The van der Waals surface area contributed by atoms with Crippen LogP contribution in [0.2, 0.25) is 0 Å². The standard InChI is InChI=1S/C22H23NO3S2/c1-15-8-9-19(12-16(15)2)26-11-5-10-25-18-7-4-6-17(13-18)14-20-21(24)23(3)22(27)28-20/h4,6-9,12-14H,5,10-11H2,1-3H3/b20-14-. The van der Waals surface area contributed by atoms with Crippen LogP contribution in [0.3, 0.4) is 0 Å². The van der Waals surface area contributed by atoms with Crippen molar-refractivity contribution in [3.05, 3.63) is 64.1 Å². The summed E-state index contributed by atoms with van der Waals surface area (Å²) in [4.78, 5) is 14.2. The Balaban J connectivity index is 1.49. The van der Waals surface area contributed by atoms with Crippen molar-refractivity contribution in [2.45, 2.75) is 20.3 Å². The highest BCUT2D eigenvalue weighted by Crippen LogP contribution is 2.31. The molecular weight excluding hydrogens is 390 g/mol. The molecule has 1 amide bonds.